The lowest BCUT2D eigenvalue weighted by molar-refractivity contribution is 0.0996. The van der Waals surface area contributed by atoms with Crippen LogP contribution in [0.3, 0.4) is 0 Å². The number of piperidine rings is 1. The number of hydrogen-bond acceptors (Lipinski definition) is 6. The predicted octanol–water partition coefficient (Wildman–Crippen LogP) is -0.0466. The number of likely N-dealkylation sites (N-methyl/N-ethyl adjacent to an activating group) is 1. The van der Waals surface area contributed by atoms with Gasteiger partial charge in [0.15, 0.2) is 11.5 Å². The van der Waals surface area contributed by atoms with E-state index in [1.165, 1.54) is 0 Å². The van der Waals surface area contributed by atoms with Crippen LogP contribution in [0.15, 0.2) is 6.20 Å². The molecule has 1 aromatic heterocycles. The highest BCUT2D eigenvalue weighted by molar-refractivity contribution is 5.95. The SMILES string of the molecule is CNc1nc(N2CCCC(N3CCN(C)C3=O)C2)cnc1C(N)=O. The molecule has 3 rings (SSSR count). The van der Waals surface area contributed by atoms with Crippen LogP contribution in [0.25, 0.3) is 0 Å². The molecule has 2 aliphatic rings. The zero-order valence-electron chi connectivity index (χ0n) is 14.0. The first-order valence-corrected chi connectivity index (χ1v) is 8.12. The summed E-state index contributed by atoms with van der Waals surface area (Å²) in [5.41, 5.74) is 5.44. The molecule has 9 nitrogen and oxygen atoms in total. The standard InChI is InChI=1S/C15H23N7O2/c1-17-14-12(13(16)23)18-8-11(19-14)21-5-3-4-10(9-21)22-7-6-20(2)15(22)24/h8,10H,3-7,9H2,1-2H3,(H2,16,23)(H,17,19). The zero-order valence-corrected chi connectivity index (χ0v) is 14.0. The number of carbonyl (C=O) groups excluding carboxylic acids is 2. The number of urea groups is 1. The van der Waals surface area contributed by atoms with Crippen LogP contribution in [-0.4, -0.2) is 78.0 Å². The summed E-state index contributed by atoms with van der Waals surface area (Å²) in [6.07, 6.45) is 3.54. The van der Waals surface area contributed by atoms with Crippen molar-refractivity contribution in [1.82, 2.24) is 19.8 Å². The summed E-state index contributed by atoms with van der Waals surface area (Å²) in [5.74, 6) is 0.453. The van der Waals surface area contributed by atoms with E-state index < -0.39 is 5.91 Å². The summed E-state index contributed by atoms with van der Waals surface area (Å²) >= 11 is 0. The van der Waals surface area contributed by atoms with Gasteiger partial charge in [-0.2, -0.15) is 0 Å². The van der Waals surface area contributed by atoms with Crippen LogP contribution >= 0.6 is 0 Å². The molecule has 0 aromatic carbocycles. The molecule has 1 unspecified atom stereocenters. The van der Waals surface area contributed by atoms with Gasteiger partial charge in [-0.15, -0.1) is 0 Å². The van der Waals surface area contributed by atoms with Gasteiger partial charge in [-0.3, -0.25) is 4.79 Å². The monoisotopic (exact) mass is 333 g/mol. The number of aromatic nitrogens is 2. The van der Waals surface area contributed by atoms with Crippen LogP contribution in [0.4, 0.5) is 16.4 Å². The molecule has 130 valence electrons. The highest BCUT2D eigenvalue weighted by Crippen LogP contribution is 2.24. The molecule has 0 aliphatic carbocycles. The van der Waals surface area contributed by atoms with E-state index in [-0.39, 0.29) is 17.8 Å². The smallest absolute Gasteiger partial charge is 0.320 e. The number of nitrogens with one attached hydrogen (secondary N) is 1. The van der Waals surface area contributed by atoms with E-state index in [0.29, 0.717) is 18.2 Å². The van der Waals surface area contributed by atoms with Gasteiger partial charge in [-0.25, -0.2) is 14.8 Å². The van der Waals surface area contributed by atoms with E-state index in [1.807, 2.05) is 11.9 Å². The molecule has 0 spiro atoms. The first-order valence-electron chi connectivity index (χ1n) is 8.12. The fourth-order valence-corrected chi connectivity index (χ4v) is 3.31. The minimum atomic E-state index is -0.611. The summed E-state index contributed by atoms with van der Waals surface area (Å²) in [6.45, 7) is 3.10. The molecular formula is C15H23N7O2. The van der Waals surface area contributed by atoms with Gasteiger partial charge in [0.1, 0.15) is 5.82 Å². The molecule has 1 aromatic rings. The quantitative estimate of drug-likeness (QED) is 0.800. The molecule has 0 saturated carbocycles. The van der Waals surface area contributed by atoms with Gasteiger partial charge in [0.25, 0.3) is 5.91 Å². The fraction of sp³-hybridized carbons (Fsp3) is 0.600. The molecule has 3 heterocycles. The molecule has 2 aliphatic heterocycles. The molecule has 0 radical (unpaired) electrons. The van der Waals surface area contributed by atoms with Crippen LogP contribution in [0.2, 0.25) is 0 Å². The van der Waals surface area contributed by atoms with Crippen molar-refractivity contribution in [2.24, 2.45) is 5.73 Å². The van der Waals surface area contributed by atoms with Gasteiger partial charge in [0.05, 0.1) is 12.2 Å². The molecule has 3 amide bonds. The van der Waals surface area contributed by atoms with Crippen molar-refractivity contribution in [1.29, 1.82) is 0 Å². The van der Waals surface area contributed by atoms with Crippen LogP contribution in [0.1, 0.15) is 23.3 Å². The number of carbonyl (C=O) groups is 2. The summed E-state index contributed by atoms with van der Waals surface area (Å²) in [6, 6.07) is 0.264. The molecule has 2 fully saturated rings. The number of hydrogen-bond donors (Lipinski definition) is 2. The van der Waals surface area contributed by atoms with Crippen molar-refractivity contribution >= 4 is 23.6 Å². The maximum absolute atomic E-state index is 12.2. The number of primary amides is 1. The predicted molar refractivity (Wildman–Crippen MR) is 90.1 cm³/mol. The van der Waals surface area contributed by atoms with E-state index in [0.717, 1.165) is 32.5 Å². The third-order valence-corrected chi connectivity index (χ3v) is 4.64. The average Bonchev–Trinajstić information content (AvgIpc) is 2.93. The maximum atomic E-state index is 12.2. The number of nitrogens with two attached hydrogens (primary N) is 1. The second-order valence-corrected chi connectivity index (χ2v) is 6.18. The van der Waals surface area contributed by atoms with Crippen molar-refractivity contribution in [3.8, 4) is 0 Å². The second-order valence-electron chi connectivity index (χ2n) is 6.18. The summed E-state index contributed by atoms with van der Waals surface area (Å²) in [7, 11) is 3.51. The van der Waals surface area contributed by atoms with Crippen LogP contribution < -0.4 is 16.0 Å². The minimum absolute atomic E-state index is 0.0907. The molecule has 1 atom stereocenters. The lowest BCUT2D eigenvalue weighted by atomic mass is 10.0. The van der Waals surface area contributed by atoms with Gasteiger partial charge in [-0.05, 0) is 12.8 Å². The van der Waals surface area contributed by atoms with Crippen molar-refractivity contribution in [2.75, 3.05) is 50.5 Å². The lowest BCUT2D eigenvalue weighted by Gasteiger charge is -2.37. The molecule has 2 saturated heterocycles. The number of anilines is 2. The first kappa shape index (κ1) is 16.3. The highest BCUT2D eigenvalue weighted by Gasteiger charge is 2.34. The first-order chi connectivity index (χ1) is 11.5. The third-order valence-electron chi connectivity index (χ3n) is 4.64. The van der Waals surface area contributed by atoms with E-state index in [1.54, 1.807) is 18.1 Å². The van der Waals surface area contributed by atoms with Crippen molar-refractivity contribution in [3.63, 3.8) is 0 Å². The highest BCUT2D eigenvalue weighted by atomic mass is 16.2. The molecule has 3 N–H and O–H groups in total. The Morgan fingerprint density at radius 3 is 2.79 bits per heavy atom. The second kappa shape index (κ2) is 6.50. The van der Waals surface area contributed by atoms with Gasteiger partial charge < -0.3 is 25.8 Å². The Hall–Kier alpha value is -2.58. The van der Waals surface area contributed by atoms with Crippen molar-refractivity contribution in [3.05, 3.63) is 11.9 Å². The average molecular weight is 333 g/mol. The number of rotatable bonds is 4. The van der Waals surface area contributed by atoms with Crippen molar-refractivity contribution < 1.29 is 9.59 Å². The Morgan fingerprint density at radius 1 is 1.38 bits per heavy atom. The largest absolute Gasteiger partial charge is 0.371 e. The van der Waals surface area contributed by atoms with Gasteiger partial charge >= 0.3 is 6.03 Å². The van der Waals surface area contributed by atoms with E-state index in [9.17, 15) is 9.59 Å². The Kier molecular flexibility index (Phi) is 4.41. The van der Waals surface area contributed by atoms with Gasteiger partial charge in [0.2, 0.25) is 0 Å². The Morgan fingerprint density at radius 2 is 2.17 bits per heavy atom. The number of nitrogens with zero attached hydrogens (tertiary/aromatic N) is 5. The Bertz CT molecular complexity index is 651. The van der Waals surface area contributed by atoms with Gasteiger partial charge in [-0.1, -0.05) is 0 Å². The zero-order chi connectivity index (χ0) is 17.3. The Balaban J connectivity index is 1.77. The summed E-state index contributed by atoms with van der Waals surface area (Å²) in [4.78, 5) is 38.0. The maximum Gasteiger partial charge on any atom is 0.320 e. The van der Waals surface area contributed by atoms with E-state index in [4.69, 9.17) is 5.73 Å². The third kappa shape index (κ3) is 2.93. The van der Waals surface area contributed by atoms with Crippen molar-refractivity contribution in [2.45, 2.75) is 18.9 Å². The minimum Gasteiger partial charge on any atom is -0.371 e. The fourth-order valence-electron chi connectivity index (χ4n) is 3.31. The van der Waals surface area contributed by atoms with E-state index >= 15 is 0 Å². The van der Waals surface area contributed by atoms with Crippen LogP contribution in [-0.2, 0) is 0 Å². The van der Waals surface area contributed by atoms with Crippen LogP contribution in [0, 0.1) is 0 Å². The summed E-state index contributed by atoms with van der Waals surface area (Å²) in [5, 5.41) is 2.86. The lowest BCUT2D eigenvalue weighted by Crippen LogP contribution is -2.49. The molecule has 9 heteroatoms. The number of amides is 3. The summed E-state index contributed by atoms with van der Waals surface area (Å²) < 4.78 is 0. The van der Waals surface area contributed by atoms with Gasteiger partial charge in [0, 0.05) is 40.3 Å². The normalized spacial score (nSPS) is 21.3. The molecule has 24 heavy (non-hydrogen) atoms. The topological polar surface area (TPSA) is 108 Å². The molecule has 0 bridgehead atoms. The van der Waals surface area contributed by atoms with Crippen LogP contribution in [0.5, 0.6) is 0 Å². The Labute approximate surface area is 140 Å². The van der Waals surface area contributed by atoms with E-state index in [2.05, 4.69) is 20.2 Å². The molecular weight excluding hydrogens is 310 g/mol.